The average Bonchev–Trinajstić information content (AvgIpc) is 3.10. The summed E-state index contributed by atoms with van der Waals surface area (Å²) in [5.41, 5.74) is 7.03. The first kappa shape index (κ1) is 12.5. The van der Waals surface area contributed by atoms with Gasteiger partial charge in [0.1, 0.15) is 0 Å². The lowest BCUT2D eigenvalue weighted by Gasteiger charge is -2.18. The van der Waals surface area contributed by atoms with E-state index in [1.165, 1.54) is 0 Å². The Hall–Kier alpha value is -0.960. The third-order valence-corrected chi connectivity index (χ3v) is 3.73. The van der Waals surface area contributed by atoms with Crippen molar-refractivity contribution in [3.8, 4) is 0 Å². The molecule has 1 aliphatic carbocycles. The Bertz CT molecular complexity index is 380. The second-order valence-corrected chi connectivity index (χ2v) is 5.02. The van der Waals surface area contributed by atoms with Gasteiger partial charge in [0.15, 0.2) is 0 Å². The molecule has 0 amide bonds. The van der Waals surface area contributed by atoms with Crippen LogP contribution in [-0.4, -0.2) is 6.54 Å². The Morgan fingerprint density at radius 1 is 1.24 bits per heavy atom. The van der Waals surface area contributed by atoms with Crippen molar-refractivity contribution in [2.75, 3.05) is 6.54 Å². The molecule has 0 saturated heterocycles. The fraction of sp³-hybridized carbons (Fsp3) is 0.571. The first-order valence-electron chi connectivity index (χ1n) is 6.23. The maximum atomic E-state index is 13.7. The van der Waals surface area contributed by atoms with E-state index in [1.807, 2.05) is 12.1 Å². The van der Waals surface area contributed by atoms with E-state index in [4.69, 9.17) is 5.73 Å². The van der Waals surface area contributed by atoms with Crippen molar-refractivity contribution in [2.24, 2.45) is 5.73 Å². The van der Waals surface area contributed by atoms with Gasteiger partial charge in [0.25, 0.3) is 5.92 Å². The highest BCUT2D eigenvalue weighted by atomic mass is 19.3. The van der Waals surface area contributed by atoms with Crippen LogP contribution >= 0.6 is 0 Å². The van der Waals surface area contributed by atoms with Gasteiger partial charge in [-0.05, 0) is 18.4 Å². The predicted molar refractivity (Wildman–Crippen MR) is 65.2 cm³/mol. The third kappa shape index (κ3) is 2.34. The largest absolute Gasteiger partial charge is 0.330 e. The fourth-order valence-electron chi connectivity index (χ4n) is 2.29. The quantitative estimate of drug-likeness (QED) is 0.835. The van der Waals surface area contributed by atoms with Crippen LogP contribution in [0, 0.1) is 0 Å². The monoisotopic (exact) mass is 239 g/mol. The van der Waals surface area contributed by atoms with Gasteiger partial charge in [-0.2, -0.15) is 0 Å². The molecule has 1 fully saturated rings. The van der Waals surface area contributed by atoms with E-state index in [1.54, 1.807) is 19.1 Å². The molecular formula is C14H19F2N. The molecule has 0 heterocycles. The zero-order valence-corrected chi connectivity index (χ0v) is 10.2. The SMILES string of the molecule is CCCC(F)(F)c1ccc(C2(CN)CC2)cc1. The molecule has 1 aliphatic rings. The molecule has 1 aromatic carbocycles. The minimum atomic E-state index is -2.70. The van der Waals surface area contributed by atoms with Crippen LogP contribution in [-0.2, 0) is 11.3 Å². The molecule has 0 spiro atoms. The zero-order chi connectivity index (χ0) is 12.5. The van der Waals surface area contributed by atoms with E-state index >= 15 is 0 Å². The lowest BCUT2D eigenvalue weighted by atomic mass is 9.93. The maximum absolute atomic E-state index is 13.7. The van der Waals surface area contributed by atoms with Gasteiger partial charge in [-0.3, -0.25) is 0 Å². The normalized spacial score (nSPS) is 18.1. The maximum Gasteiger partial charge on any atom is 0.273 e. The molecule has 0 atom stereocenters. The van der Waals surface area contributed by atoms with Gasteiger partial charge >= 0.3 is 0 Å². The summed E-state index contributed by atoms with van der Waals surface area (Å²) < 4.78 is 27.3. The Labute approximate surface area is 101 Å². The van der Waals surface area contributed by atoms with Crippen LogP contribution in [0.4, 0.5) is 8.78 Å². The van der Waals surface area contributed by atoms with Gasteiger partial charge in [-0.1, -0.05) is 37.6 Å². The number of hydrogen-bond acceptors (Lipinski definition) is 1. The summed E-state index contributed by atoms with van der Waals surface area (Å²) in [6, 6.07) is 6.75. The second kappa shape index (κ2) is 4.37. The summed E-state index contributed by atoms with van der Waals surface area (Å²) in [4.78, 5) is 0. The molecule has 2 N–H and O–H groups in total. The smallest absolute Gasteiger partial charge is 0.273 e. The highest BCUT2D eigenvalue weighted by Gasteiger charge is 2.43. The van der Waals surface area contributed by atoms with Crippen molar-refractivity contribution in [2.45, 2.75) is 43.9 Å². The van der Waals surface area contributed by atoms with Crippen molar-refractivity contribution in [3.05, 3.63) is 35.4 Å². The van der Waals surface area contributed by atoms with Crippen molar-refractivity contribution in [1.82, 2.24) is 0 Å². The van der Waals surface area contributed by atoms with E-state index in [0.29, 0.717) is 13.0 Å². The van der Waals surface area contributed by atoms with E-state index in [9.17, 15) is 8.78 Å². The van der Waals surface area contributed by atoms with E-state index < -0.39 is 5.92 Å². The molecule has 1 nitrogen and oxygen atoms in total. The number of alkyl halides is 2. The molecule has 0 aliphatic heterocycles. The molecule has 0 bridgehead atoms. The molecule has 3 heteroatoms. The lowest BCUT2D eigenvalue weighted by Crippen LogP contribution is -2.20. The van der Waals surface area contributed by atoms with Crippen molar-refractivity contribution in [1.29, 1.82) is 0 Å². The second-order valence-electron chi connectivity index (χ2n) is 5.02. The summed E-state index contributed by atoms with van der Waals surface area (Å²) in [5, 5.41) is 0. The zero-order valence-electron chi connectivity index (χ0n) is 10.2. The Balaban J connectivity index is 2.18. The fourth-order valence-corrected chi connectivity index (χ4v) is 2.29. The molecule has 94 valence electrons. The molecule has 17 heavy (non-hydrogen) atoms. The highest BCUT2D eigenvalue weighted by Crippen LogP contribution is 2.47. The summed E-state index contributed by atoms with van der Waals surface area (Å²) in [6.07, 6.45) is 2.55. The molecule has 2 rings (SSSR count). The van der Waals surface area contributed by atoms with Crippen molar-refractivity contribution in [3.63, 3.8) is 0 Å². The minimum Gasteiger partial charge on any atom is -0.330 e. The van der Waals surface area contributed by atoms with E-state index in [2.05, 4.69) is 0 Å². The summed E-state index contributed by atoms with van der Waals surface area (Å²) in [6.45, 7) is 2.38. The molecule has 0 unspecified atom stereocenters. The first-order chi connectivity index (χ1) is 8.04. The predicted octanol–water partition coefficient (Wildman–Crippen LogP) is 3.57. The van der Waals surface area contributed by atoms with Gasteiger partial charge in [-0.15, -0.1) is 0 Å². The Kier molecular flexibility index (Phi) is 3.21. The van der Waals surface area contributed by atoms with Crippen LogP contribution in [0.5, 0.6) is 0 Å². The van der Waals surface area contributed by atoms with Gasteiger partial charge in [0.05, 0.1) is 0 Å². The van der Waals surface area contributed by atoms with E-state index in [0.717, 1.165) is 18.4 Å². The summed E-state index contributed by atoms with van der Waals surface area (Å²) in [7, 11) is 0. The third-order valence-electron chi connectivity index (χ3n) is 3.73. The number of benzene rings is 1. The van der Waals surface area contributed by atoms with Crippen molar-refractivity contribution >= 4 is 0 Å². The molecule has 1 aromatic rings. The van der Waals surface area contributed by atoms with E-state index in [-0.39, 0.29) is 17.4 Å². The van der Waals surface area contributed by atoms with Gasteiger partial charge in [0, 0.05) is 23.9 Å². The number of rotatable bonds is 5. The first-order valence-corrected chi connectivity index (χ1v) is 6.23. The topological polar surface area (TPSA) is 26.0 Å². The molecule has 1 saturated carbocycles. The molecular weight excluding hydrogens is 220 g/mol. The Morgan fingerprint density at radius 3 is 2.24 bits per heavy atom. The molecule has 0 aromatic heterocycles. The highest BCUT2D eigenvalue weighted by molar-refractivity contribution is 5.35. The van der Waals surface area contributed by atoms with Gasteiger partial charge < -0.3 is 5.73 Å². The van der Waals surface area contributed by atoms with Crippen LogP contribution in [0.2, 0.25) is 0 Å². The Morgan fingerprint density at radius 2 is 1.82 bits per heavy atom. The average molecular weight is 239 g/mol. The minimum absolute atomic E-state index is 0.0819. The van der Waals surface area contributed by atoms with Gasteiger partial charge in [0.2, 0.25) is 0 Å². The number of hydrogen-bond donors (Lipinski definition) is 1. The standard InChI is InChI=1S/C14H19F2N/c1-2-7-14(15,16)12-5-3-11(4-6-12)13(10-17)8-9-13/h3-6H,2,7-10,17H2,1H3. The summed E-state index contributed by atoms with van der Waals surface area (Å²) in [5.74, 6) is -2.70. The van der Waals surface area contributed by atoms with Crippen molar-refractivity contribution < 1.29 is 8.78 Å². The van der Waals surface area contributed by atoms with Gasteiger partial charge in [-0.25, -0.2) is 8.78 Å². The molecule has 0 radical (unpaired) electrons. The van der Waals surface area contributed by atoms with Crippen LogP contribution in [0.3, 0.4) is 0 Å². The van der Waals surface area contributed by atoms with Crippen LogP contribution in [0.25, 0.3) is 0 Å². The number of nitrogens with two attached hydrogens (primary N) is 1. The summed E-state index contributed by atoms with van der Waals surface area (Å²) >= 11 is 0. The number of halogens is 2. The van der Waals surface area contributed by atoms with Crippen LogP contribution < -0.4 is 5.73 Å². The van der Waals surface area contributed by atoms with Crippen LogP contribution in [0.1, 0.15) is 43.7 Å². The lowest BCUT2D eigenvalue weighted by molar-refractivity contribution is -0.0140. The van der Waals surface area contributed by atoms with Crippen LogP contribution in [0.15, 0.2) is 24.3 Å².